The highest BCUT2D eigenvalue weighted by atomic mass is 32.2. The predicted molar refractivity (Wildman–Crippen MR) is 56.2 cm³/mol. The molecule has 0 radical (unpaired) electrons. The molecule has 2 rings (SSSR count). The number of hydrogen-bond acceptors (Lipinski definition) is 4. The molecule has 1 amide bonds. The number of aliphatic imine (C=N–C) groups is 1. The Morgan fingerprint density at radius 3 is 3.00 bits per heavy atom. The number of hydrogen-bond donors (Lipinski definition) is 2. The lowest BCUT2D eigenvalue weighted by Gasteiger charge is -1.97. The summed E-state index contributed by atoms with van der Waals surface area (Å²) in [5.41, 5.74) is 0.641. The van der Waals surface area contributed by atoms with Crippen LogP contribution in [0.2, 0.25) is 0 Å². The zero-order valence-corrected chi connectivity index (χ0v) is 8.04. The summed E-state index contributed by atoms with van der Waals surface area (Å²) in [6, 6.07) is 6.59. The standard InChI is InChI=1S/C9H8N2O2S/c12-7-3-1-2-6(4-7)10-8-5-14-9(13)11-8/h1-4,12H,5H2,(H,10,11,13). The number of phenolic OH excluding ortho intramolecular Hbond substituents is 1. The van der Waals surface area contributed by atoms with Crippen molar-refractivity contribution in [2.75, 3.05) is 5.75 Å². The molecule has 0 saturated carbocycles. The quantitative estimate of drug-likeness (QED) is 0.740. The van der Waals surface area contributed by atoms with Gasteiger partial charge in [-0.15, -0.1) is 0 Å². The van der Waals surface area contributed by atoms with Crippen molar-refractivity contribution in [2.24, 2.45) is 4.99 Å². The summed E-state index contributed by atoms with van der Waals surface area (Å²) in [4.78, 5) is 15.0. The SMILES string of the molecule is O=C1NC(=Nc2cccc(O)c2)CS1. The molecule has 72 valence electrons. The third kappa shape index (κ3) is 2.05. The average Bonchev–Trinajstić information content (AvgIpc) is 2.51. The molecular weight excluding hydrogens is 200 g/mol. The number of amides is 1. The third-order valence-electron chi connectivity index (χ3n) is 1.68. The van der Waals surface area contributed by atoms with Crippen molar-refractivity contribution >= 4 is 28.5 Å². The normalized spacial score (nSPS) is 18.6. The van der Waals surface area contributed by atoms with Crippen LogP contribution in [0.15, 0.2) is 29.3 Å². The number of amidine groups is 1. The number of nitrogens with zero attached hydrogens (tertiary/aromatic N) is 1. The summed E-state index contributed by atoms with van der Waals surface area (Å²) in [6.45, 7) is 0. The first-order chi connectivity index (χ1) is 6.74. The Morgan fingerprint density at radius 2 is 2.36 bits per heavy atom. The van der Waals surface area contributed by atoms with E-state index in [2.05, 4.69) is 10.3 Å². The van der Waals surface area contributed by atoms with Crippen LogP contribution in [-0.2, 0) is 0 Å². The minimum atomic E-state index is -0.0797. The molecule has 1 saturated heterocycles. The van der Waals surface area contributed by atoms with Gasteiger partial charge in [-0.05, 0) is 12.1 Å². The first kappa shape index (κ1) is 9.08. The summed E-state index contributed by atoms with van der Waals surface area (Å²) < 4.78 is 0. The van der Waals surface area contributed by atoms with Gasteiger partial charge in [0.05, 0.1) is 11.4 Å². The maximum absolute atomic E-state index is 10.8. The largest absolute Gasteiger partial charge is 0.508 e. The van der Waals surface area contributed by atoms with Gasteiger partial charge in [0.1, 0.15) is 11.6 Å². The van der Waals surface area contributed by atoms with Crippen LogP contribution in [0, 0.1) is 0 Å². The molecule has 14 heavy (non-hydrogen) atoms. The maximum atomic E-state index is 10.8. The second-order valence-electron chi connectivity index (χ2n) is 2.78. The maximum Gasteiger partial charge on any atom is 0.284 e. The molecule has 0 atom stereocenters. The fraction of sp³-hybridized carbons (Fsp3) is 0.111. The van der Waals surface area contributed by atoms with Gasteiger partial charge in [-0.1, -0.05) is 17.8 Å². The van der Waals surface area contributed by atoms with Gasteiger partial charge in [0.2, 0.25) is 0 Å². The molecule has 1 aromatic carbocycles. The topological polar surface area (TPSA) is 61.7 Å². The summed E-state index contributed by atoms with van der Waals surface area (Å²) in [5.74, 6) is 1.36. The number of carbonyl (C=O) groups is 1. The number of phenols is 1. The van der Waals surface area contributed by atoms with Gasteiger partial charge in [-0.2, -0.15) is 0 Å². The van der Waals surface area contributed by atoms with Crippen molar-refractivity contribution in [1.82, 2.24) is 5.32 Å². The van der Waals surface area contributed by atoms with Crippen molar-refractivity contribution in [3.63, 3.8) is 0 Å². The van der Waals surface area contributed by atoms with Crippen LogP contribution in [0.5, 0.6) is 5.75 Å². The summed E-state index contributed by atoms with van der Waals surface area (Å²) in [6.07, 6.45) is 0. The smallest absolute Gasteiger partial charge is 0.284 e. The van der Waals surface area contributed by atoms with Crippen LogP contribution in [0.4, 0.5) is 10.5 Å². The zero-order valence-electron chi connectivity index (χ0n) is 7.23. The fourth-order valence-corrected chi connectivity index (χ4v) is 1.70. The molecule has 1 heterocycles. The lowest BCUT2D eigenvalue weighted by atomic mass is 10.3. The minimum absolute atomic E-state index is 0.0797. The highest BCUT2D eigenvalue weighted by molar-refractivity contribution is 8.14. The predicted octanol–water partition coefficient (Wildman–Crippen LogP) is 1.88. The van der Waals surface area contributed by atoms with Crippen LogP contribution in [0.25, 0.3) is 0 Å². The van der Waals surface area contributed by atoms with Gasteiger partial charge >= 0.3 is 0 Å². The van der Waals surface area contributed by atoms with Crippen LogP contribution < -0.4 is 5.32 Å². The van der Waals surface area contributed by atoms with Gasteiger partial charge in [0.25, 0.3) is 5.24 Å². The number of carbonyl (C=O) groups excluding carboxylic acids is 1. The van der Waals surface area contributed by atoms with Crippen LogP contribution >= 0.6 is 11.8 Å². The Hall–Kier alpha value is -1.49. The first-order valence-electron chi connectivity index (χ1n) is 4.04. The molecule has 1 aromatic rings. The van der Waals surface area contributed by atoms with Gasteiger partial charge in [-0.3, -0.25) is 4.79 Å². The lowest BCUT2D eigenvalue weighted by molar-refractivity contribution is 0.265. The first-order valence-corrected chi connectivity index (χ1v) is 5.03. The van der Waals surface area contributed by atoms with E-state index in [4.69, 9.17) is 0 Å². The van der Waals surface area contributed by atoms with E-state index in [1.54, 1.807) is 24.3 Å². The van der Waals surface area contributed by atoms with Crippen molar-refractivity contribution in [1.29, 1.82) is 0 Å². The van der Waals surface area contributed by atoms with Crippen LogP contribution in [-0.4, -0.2) is 21.9 Å². The van der Waals surface area contributed by atoms with Gasteiger partial charge < -0.3 is 10.4 Å². The second kappa shape index (κ2) is 3.71. The molecule has 2 N–H and O–H groups in total. The van der Waals surface area contributed by atoms with Gasteiger partial charge in [0, 0.05) is 6.07 Å². The Balaban J connectivity index is 2.21. The van der Waals surface area contributed by atoms with E-state index in [0.29, 0.717) is 17.3 Å². The van der Waals surface area contributed by atoms with E-state index in [-0.39, 0.29) is 11.0 Å². The molecule has 1 fully saturated rings. The Bertz CT molecular complexity index is 404. The molecule has 4 nitrogen and oxygen atoms in total. The fourth-order valence-electron chi connectivity index (χ4n) is 1.10. The van der Waals surface area contributed by atoms with E-state index < -0.39 is 0 Å². The molecule has 0 spiro atoms. The number of benzene rings is 1. The van der Waals surface area contributed by atoms with Gasteiger partial charge in [-0.25, -0.2) is 4.99 Å². The van der Waals surface area contributed by atoms with Crippen molar-refractivity contribution < 1.29 is 9.90 Å². The van der Waals surface area contributed by atoms with E-state index in [1.807, 2.05) is 0 Å². The molecule has 1 aliphatic rings. The molecule has 0 aromatic heterocycles. The summed E-state index contributed by atoms with van der Waals surface area (Å²) in [7, 11) is 0. The lowest BCUT2D eigenvalue weighted by Crippen LogP contribution is -2.18. The van der Waals surface area contributed by atoms with Crippen molar-refractivity contribution in [2.45, 2.75) is 0 Å². The second-order valence-corrected chi connectivity index (χ2v) is 3.73. The number of rotatable bonds is 1. The van der Waals surface area contributed by atoms with E-state index >= 15 is 0 Å². The Labute approximate surface area is 85.0 Å². The van der Waals surface area contributed by atoms with Crippen LogP contribution in [0.1, 0.15) is 0 Å². The minimum Gasteiger partial charge on any atom is -0.508 e. The highest BCUT2D eigenvalue weighted by Crippen LogP contribution is 2.20. The van der Waals surface area contributed by atoms with Crippen LogP contribution in [0.3, 0.4) is 0 Å². The Kier molecular flexibility index (Phi) is 2.41. The Morgan fingerprint density at radius 1 is 1.50 bits per heavy atom. The van der Waals surface area contributed by atoms with E-state index in [1.165, 1.54) is 11.8 Å². The average molecular weight is 208 g/mol. The molecule has 0 bridgehead atoms. The molecule has 0 aliphatic carbocycles. The van der Waals surface area contributed by atoms with Crippen molar-refractivity contribution in [3.05, 3.63) is 24.3 Å². The molecular formula is C9H8N2O2S. The monoisotopic (exact) mass is 208 g/mol. The highest BCUT2D eigenvalue weighted by Gasteiger charge is 2.16. The third-order valence-corrected chi connectivity index (χ3v) is 2.46. The number of thioether (sulfide) groups is 1. The summed E-state index contributed by atoms with van der Waals surface area (Å²) >= 11 is 1.19. The molecule has 5 heteroatoms. The number of aromatic hydroxyl groups is 1. The van der Waals surface area contributed by atoms with E-state index in [0.717, 1.165) is 0 Å². The zero-order chi connectivity index (χ0) is 9.97. The van der Waals surface area contributed by atoms with E-state index in [9.17, 15) is 9.90 Å². The number of nitrogens with one attached hydrogen (secondary N) is 1. The molecule has 0 unspecified atom stereocenters. The van der Waals surface area contributed by atoms with Crippen molar-refractivity contribution in [3.8, 4) is 5.75 Å². The van der Waals surface area contributed by atoms with Gasteiger partial charge in [0.15, 0.2) is 0 Å². The summed E-state index contributed by atoms with van der Waals surface area (Å²) in [5, 5.41) is 11.7. The molecule has 1 aliphatic heterocycles.